The van der Waals surface area contributed by atoms with E-state index in [1.807, 2.05) is 56.9 Å². The molecular weight excluding hydrogens is 430 g/mol. The molecule has 186 valence electrons. The number of pyridine rings is 1. The Labute approximate surface area is 202 Å². The fraction of sp³-hybridized carbons (Fsp3) is 0.577. The lowest BCUT2D eigenvalue weighted by Crippen LogP contribution is -2.56. The van der Waals surface area contributed by atoms with E-state index in [9.17, 15) is 9.59 Å². The smallest absolute Gasteiger partial charge is 0.244 e. The van der Waals surface area contributed by atoms with Gasteiger partial charge in [0.2, 0.25) is 11.8 Å². The highest BCUT2D eigenvalue weighted by molar-refractivity contribution is 5.92. The number of ether oxygens (including phenoxy) is 1. The van der Waals surface area contributed by atoms with Crippen molar-refractivity contribution in [1.29, 1.82) is 0 Å². The molecule has 3 atom stereocenters. The normalized spacial score (nSPS) is 18.1. The van der Waals surface area contributed by atoms with Crippen molar-refractivity contribution in [2.24, 2.45) is 11.7 Å². The standard InChI is InChI=1S/C26H39N5O3/c1-7-17(2)23(27)25(33)31-16-22(32)30(26(31,4)5)13-9-10-18(3)29-21-15-20(34-6)14-19-11-8-12-28-24(19)21/h8,11-12,14-15,17-18,23,29H,7,9-10,13,16,27H2,1-6H3/t17?,18?,23-/m0/s1. The number of benzene rings is 1. The van der Waals surface area contributed by atoms with Crippen LogP contribution < -0.4 is 15.8 Å². The van der Waals surface area contributed by atoms with Crippen LogP contribution in [-0.2, 0) is 9.59 Å². The lowest BCUT2D eigenvalue weighted by atomic mass is 9.98. The Kier molecular flexibility index (Phi) is 8.02. The molecule has 2 aromatic rings. The average Bonchev–Trinajstić information content (AvgIpc) is 3.05. The van der Waals surface area contributed by atoms with Crippen molar-refractivity contribution < 1.29 is 14.3 Å². The van der Waals surface area contributed by atoms with E-state index < -0.39 is 11.7 Å². The Balaban J connectivity index is 1.61. The number of amides is 2. The van der Waals surface area contributed by atoms with Gasteiger partial charge in [0.15, 0.2) is 0 Å². The number of methoxy groups -OCH3 is 1. The van der Waals surface area contributed by atoms with Gasteiger partial charge in [-0.05, 0) is 51.7 Å². The molecule has 1 fully saturated rings. The van der Waals surface area contributed by atoms with Crippen LogP contribution >= 0.6 is 0 Å². The summed E-state index contributed by atoms with van der Waals surface area (Å²) in [7, 11) is 1.66. The molecule has 34 heavy (non-hydrogen) atoms. The highest BCUT2D eigenvalue weighted by Crippen LogP contribution is 2.30. The Morgan fingerprint density at radius 3 is 2.74 bits per heavy atom. The fourth-order valence-electron chi connectivity index (χ4n) is 4.57. The van der Waals surface area contributed by atoms with Crippen molar-refractivity contribution in [3.05, 3.63) is 30.5 Å². The number of hydrogen-bond donors (Lipinski definition) is 2. The monoisotopic (exact) mass is 469 g/mol. The van der Waals surface area contributed by atoms with E-state index in [0.717, 1.165) is 41.6 Å². The molecule has 8 heteroatoms. The van der Waals surface area contributed by atoms with Crippen molar-refractivity contribution in [3.63, 3.8) is 0 Å². The summed E-state index contributed by atoms with van der Waals surface area (Å²) in [5, 5.41) is 4.57. The Hall–Kier alpha value is -2.87. The van der Waals surface area contributed by atoms with Gasteiger partial charge in [0.25, 0.3) is 0 Å². The number of nitrogens with zero attached hydrogens (tertiary/aromatic N) is 3. The quantitative estimate of drug-likeness (QED) is 0.551. The van der Waals surface area contributed by atoms with Gasteiger partial charge >= 0.3 is 0 Å². The minimum atomic E-state index is -0.692. The molecule has 2 amide bonds. The summed E-state index contributed by atoms with van der Waals surface area (Å²) in [5.41, 5.74) is 7.33. The number of anilines is 1. The topological polar surface area (TPSA) is 101 Å². The minimum Gasteiger partial charge on any atom is -0.497 e. The van der Waals surface area contributed by atoms with Gasteiger partial charge in [-0.3, -0.25) is 14.6 Å². The molecule has 1 aliphatic rings. The van der Waals surface area contributed by atoms with Gasteiger partial charge in [0, 0.05) is 30.2 Å². The van der Waals surface area contributed by atoms with E-state index in [4.69, 9.17) is 10.5 Å². The molecule has 0 saturated carbocycles. The summed E-state index contributed by atoms with van der Waals surface area (Å²) in [5.74, 6) is 0.669. The minimum absolute atomic E-state index is 0.0293. The zero-order chi connectivity index (χ0) is 25.0. The molecule has 8 nitrogen and oxygen atoms in total. The average molecular weight is 470 g/mol. The third-order valence-corrected chi connectivity index (χ3v) is 7.06. The number of aromatic nitrogens is 1. The molecule has 0 aliphatic carbocycles. The summed E-state index contributed by atoms with van der Waals surface area (Å²) in [6.07, 6.45) is 4.26. The largest absolute Gasteiger partial charge is 0.497 e. The van der Waals surface area contributed by atoms with Crippen molar-refractivity contribution in [2.45, 2.75) is 71.6 Å². The molecular formula is C26H39N5O3. The van der Waals surface area contributed by atoms with Crippen LogP contribution in [0.25, 0.3) is 10.9 Å². The molecule has 0 spiro atoms. The van der Waals surface area contributed by atoms with Crippen LogP contribution in [0.5, 0.6) is 5.75 Å². The first-order chi connectivity index (χ1) is 16.1. The van der Waals surface area contributed by atoms with Gasteiger partial charge in [-0.25, -0.2) is 0 Å². The second-order valence-corrected chi connectivity index (χ2v) is 9.81. The predicted octanol–water partition coefficient (Wildman–Crippen LogP) is 3.60. The van der Waals surface area contributed by atoms with Crippen LogP contribution in [0, 0.1) is 5.92 Å². The van der Waals surface area contributed by atoms with Gasteiger partial charge in [-0.15, -0.1) is 0 Å². The molecule has 1 aliphatic heterocycles. The van der Waals surface area contributed by atoms with Crippen LogP contribution in [-0.4, -0.2) is 64.5 Å². The summed E-state index contributed by atoms with van der Waals surface area (Å²) in [4.78, 5) is 33.8. The number of carbonyl (C=O) groups excluding carboxylic acids is 2. The lowest BCUT2D eigenvalue weighted by molar-refractivity contribution is -0.140. The Morgan fingerprint density at radius 1 is 1.32 bits per heavy atom. The van der Waals surface area contributed by atoms with E-state index >= 15 is 0 Å². The molecule has 1 saturated heterocycles. The van der Waals surface area contributed by atoms with Crippen LogP contribution in [0.15, 0.2) is 30.5 Å². The SMILES string of the molecule is CCC(C)[C@H](N)C(=O)N1CC(=O)N(CCCC(C)Nc2cc(OC)cc3cccnc23)C1(C)C. The summed E-state index contributed by atoms with van der Waals surface area (Å²) >= 11 is 0. The van der Waals surface area contributed by atoms with E-state index in [-0.39, 0.29) is 30.3 Å². The van der Waals surface area contributed by atoms with Crippen molar-refractivity contribution >= 4 is 28.4 Å². The van der Waals surface area contributed by atoms with Crippen molar-refractivity contribution in [3.8, 4) is 5.75 Å². The van der Waals surface area contributed by atoms with Gasteiger partial charge < -0.3 is 25.6 Å². The van der Waals surface area contributed by atoms with Gasteiger partial charge in [0.05, 0.1) is 24.4 Å². The summed E-state index contributed by atoms with van der Waals surface area (Å²) < 4.78 is 5.44. The number of nitrogens with one attached hydrogen (secondary N) is 1. The van der Waals surface area contributed by atoms with E-state index in [2.05, 4.69) is 17.2 Å². The van der Waals surface area contributed by atoms with E-state index in [1.165, 1.54) is 0 Å². The maximum absolute atomic E-state index is 13.0. The number of nitrogens with two attached hydrogens (primary N) is 1. The first-order valence-corrected chi connectivity index (χ1v) is 12.2. The zero-order valence-electron chi connectivity index (χ0n) is 21.3. The van der Waals surface area contributed by atoms with Gasteiger partial charge in [-0.1, -0.05) is 26.3 Å². The van der Waals surface area contributed by atoms with Crippen LogP contribution in [0.1, 0.15) is 53.9 Å². The fourth-order valence-corrected chi connectivity index (χ4v) is 4.57. The van der Waals surface area contributed by atoms with Crippen LogP contribution in [0.2, 0.25) is 0 Å². The highest BCUT2D eigenvalue weighted by atomic mass is 16.5. The molecule has 3 N–H and O–H groups in total. The third-order valence-electron chi connectivity index (χ3n) is 7.06. The molecule has 2 unspecified atom stereocenters. The Bertz CT molecular complexity index is 1020. The van der Waals surface area contributed by atoms with E-state index in [0.29, 0.717) is 6.54 Å². The third kappa shape index (κ3) is 5.27. The molecule has 2 heterocycles. The van der Waals surface area contributed by atoms with Crippen molar-refractivity contribution in [1.82, 2.24) is 14.8 Å². The lowest BCUT2D eigenvalue weighted by Gasteiger charge is -2.39. The maximum atomic E-state index is 13.0. The number of carbonyl (C=O) groups is 2. The number of fused-ring (bicyclic) bond motifs is 1. The Morgan fingerprint density at radius 2 is 2.06 bits per heavy atom. The second kappa shape index (κ2) is 10.6. The highest BCUT2D eigenvalue weighted by Gasteiger charge is 2.47. The maximum Gasteiger partial charge on any atom is 0.244 e. The number of rotatable bonds is 10. The second-order valence-electron chi connectivity index (χ2n) is 9.81. The predicted molar refractivity (Wildman–Crippen MR) is 136 cm³/mol. The van der Waals surface area contributed by atoms with Gasteiger partial charge in [-0.2, -0.15) is 0 Å². The molecule has 1 aromatic heterocycles. The number of hydrogen-bond acceptors (Lipinski definition) is 6. The molecule has 3 rings (SSSR count). The zero-order valence-corrected chi connectivity index (χ0v) is 21.3. The molecule has 0 bridgehead atoms. The summed E-state index contributed by atoms with van der Waals surface area (Å²) in [6, 6.07) is 7.43. The first kappa shape index (κ1) is 25.7. The van der Waals surface area contributed by atoms with Crippen LogP contribution in [0.3, 0.4) is 0 Å². The van der Waals surface area contributed by atoms with Crippen LogP contribution in [0.4, 0.5) is 5.69 Å². The van der Waals surface area contributed by atoms with Crippen molar-refractivity contribution in [2.75, 3.05) is 25.5 Å². The molecule has 0 radical (unpaired) electrons. The first-order valence-electron chi connectivity index (χ1n) is 12.2. The van der Waals surface area contributed by atoms with Gasteiger partial charge in [0.1, 0.15) is 18.0 Å². The van der Waals surface area contributed by atoms with E-state index in [1.54, 1.807) is 18.2 Å². The summed E-state index contributed by atoms with van der Waals surface area (Å²) in [6.45, 7) is 10.6. The molecule has 1 aromatic carbocycles.